The molecule has 0 aliphatic heterocycles. The number of rotatable bonds is 2. The summed E-state index contributed by atoms with van der Waals surface area (Å²) >= 11 is 1.68. The van der Waals surface area contributed by atoms with Crippen LogP contribution in [0.25, 0.3) is 0 Å². The van der Waals surface area contributed by atoms with Gasteiger partial charge in [0.15, 0.2) is 0 Å². The Morgan fingerprint density at radius 2 is 1.88 bits per heavy atom. The lowest BCUT2D eigenvalue weighted by Gasteiger charge is -2.50. The molecule has 0 aromatic carbocycles. The predicted octanol–water partition coefficient (Wildman–Crippen LogP) is 4.41. The first kappa shape index (κ1) is 15.1. The molecule has 4 bridgehead atoms. The molecule has 4 heteroatoms. The third-order valence-corrected chi connectivity index (χ3v) is 8.05. The molecule has 1 heterocycles. The van der Waals surface area contributed by atoms with E-state index in [-0.39, 0.29) is 5.91 Å². The lowest BCUT2D eigenvalue weighted by molar-refractivity contribution is 0.0946. The van der Waals surface area contributed by atoms with Gasteiger partial charge in [-0.2, -0.15) is 5.10 Å². The molecule has 1 amide bonds. The van der Waals surface area contributed by atoms with Gasteiger partial charge in [-0.25, -0.2) is 5.43 Å². The summed E-state index contributed by atoms with van der Waals surface area (Å²) in [5, 5.41) is 4.64. The van der Waals surface area contributed by atoms with E-state index in [1.807, 2.05) is 0 Å². The Morgan fingerprint density at radius 1 is 1.17 bits per heavy atom. The van der Waals surface area contributed by atoms with Crippen molar-refractivity contribution in [1.29, 1.82) is 0 Å². The normalized spacial score (nSPS) is 36.5. The van der Waals surface area contributed by atoms with Gasteiger partial charge in [0.05, 0.1) is 4.88 Å². The average molecular weight is 343 g/mol. The van der Waals surface area contributed by atoms with Crippen LogP contribution in [0.5, 0.6) is 0 Å². The Hall–Kier alpha value is -1.16. The van der Waals surface area contributed by atoms with Gasteiger partial charge in [0.2, 0.25) is 0 Å². The fourth-order valence-corrected chi connectivity index (χ4v) is 6.94. The molecule has 4 saturated carbocycles. The molecule has 1 aromatic rings. The van der Waals surface area contributed by atoms with Gasteiger partial charge in [-0.1, -0.05) is 6.92 Å². The first-order valence-corrected chi connectivity index (χ1v) is 10.5. The van der Waals surface area contributed by atoms with Crippen molar-refractivity contribution in [3.63, 3.8) is 0 Å². The standard InChI is InChI=1S/C20H26N2OS/c1-11-2-3-17-14(4-11)10-18(24-17)20(23)22-21-19-15-6-12-5-13(8-15)9-16(19)7-12/h10-13,15-16H,2-9H2,1H3,(H,22,23)/t11-,12?,13?,15?,16?/m1/s1. The van der Waals surface area contributed by atoms with Gasteiger partial charge in [0.25, 0.3) is 5.91 Å². The molecule has 128 valence electrons. The number of hydrogen-bond acceptors (Lipinski definition) is 3. The van der Waals surface area contributed by atoms with Crippen molar-refractivity contribution in [3.8, 4) is 0 Å². The Balaban J connectivity index is 1.31. The molecule has 0 radical (unpaired) electrons. The molecule has 1 N–H and O–H groups in total. The van der Waals surface area contributed by atoms with E-state index in [4.69, 9.17) is 0 Å². The number of amides is 1. The summed E-state index contributed by atoms with van der Waals surface area (Å²) in [5.41, 5.74) is 5.61. The number of hydrazone groups is 1. The van der Waals surface area contributed by atoms with Crippen LogP contribution >= 0.6 is 11.3 Å². The van der Waals surface area contributed by atoms with E-state index in [2.05, 4.69) is 23.5 Å². The highest BCUT2D eigenvalue weighted by Gasteiger charge is 2.46. The van der Waals surface area contributed by atoms with Crippen LogP contribution in [0.3, 0.4) is 0 Å². The fraction of sp³-hybridized carbons (Fsp3) is 0.700. The minimum atomic E-state index is 0.00311. The monoisotopic (exact) mass is 342 g/mol. The topological polar surface area (TPSA) is 41.5 Å². The quantitative estimate of drug-likeness (QED) is 0.795. The zero-order chi connectivity index (χ0) is 16.3. The van der Waals surface area contributed by atoms with E-state index in [1.54, 1.807) is 11.3 Å². The van der Waals surface area contributed by atoms with E-state index in [1.165, 1.54) is 54.7 Å². The lowest BCUT2D eigenvalue weighted by atomic mass is 9.55. The first-order chi connectivity index (χ1) is 11.7. The maximum Gasteiger partial charge on any atom is 0.281 e. The lowest BCUT2D eigenvalue weighted by Crippen LogP contribution is -2.46. The van der Waals surface area contributed by atoms with E-state index in [0.29, 0.717) is 11.8 Å². The highest BCUT2D eigenvalue weighted by molar-refractivity contribution is 7.14. The summed E-state index contributed by atoms with van der Waals surface area (Å²) in [7, 11) is 0. The maximum absolute atomic E-state index is 12.6. The summed E-state index contributed by atoms with van der Waals surface area (Å²) in [4.78, 5) is 14.8. The van der Waals surface area contributed by atoms with Crippen molar-refractivity contribution in [1.82, 2.24) is 5.43 Å². The van der Waals surface area contributed by atoms with Gasteiger partial charge in [-0.15, -0.1) is 11.3 Å². The molecule has 1 atom stereocenters. The van der Waals surface area contributed by atoms with Gasteiger partial charge in [-0.05, 0) is 92.6 Å². The van der Waals surface area contributed by atoms with Crippen molar-refractivity contribution in [2.24, 2.45) is 34.7 Å². The highest BCUT2D eigenvalue weighted by atomic mass is 32.1. The number of carbonyl (C=O) groups is 1. The molecular formula is C20H26N2OS. The van der Waals surface area contributed by atoms with Crippen molar-refractivity contribution >= 4 is 23.0 Å². The summed E-state index contributed by atoms with van der Waals surface area (Å²) in [5.74, 6) is 3.93. The van der Waals surface area contributed by atoms with E-state index < -0.39 is 0 Å². The number of thiophene rings is 1. The largest absolute Gasteiger partial charge is 0.281 e. The summed E-state index contributed by atoms with van der Waals surface area (Å²) in [6, 6.07) is 2.11. The Morgan fingerprint density at radius 3 is 2.58 bits per heavy atom. The van der Waals surface area contributed by atoms with Crippen LogP contribution in [-0.4, -0.2) is 11.6 Å². The Bertz CT molecular complexity index is 674. The molecule has 0 unspecified atom stereocenters. The highest BCUT2D eigenvalue weighted by Crippen LogP contribution is 2.52. The average Bonchev–Trinajstić information content (AvgIpc) is 2.96. The van der Waals surface area contributed by atoms with E-state index >= 15 is 0 Å². The smallest absolute Gasteiger partial charge is 0.266 e. The predicted molar refractivity (Wildman–Crippen MR) is 97.5 cm³/mol. The zero-order valence-electron chi connectivity index (χ0n) is 14.4. The molecule has 6 rings (SSSR count). The van der Waals surface area contributed by atoms with Gasteiger partial charge in [0, 0.05) is 10.6 Å². The Labute approximate surface area is 147 Å². The molecule has 0 spiro atoms. The summed E-state index contributed by atoms with van der Waals surface area (Å²) in [6.45, 7) is 2.30. The molecular weight excluding hydrogens is 316 g/mol. The first-order valence-electron chi connectivity index (χ1n) is 9.65. The number of fused-ring (bicyclic) bond motifs is 1. The summed E-state index contributed by atoms with van der Waals surface area (Å²) in [6.07, 6.45) is 10.2. The van der Waals surface area contributed by atoms with Gasteiger partial charge >= 0.3 is 0 Å². The number of nitrogens with one attached hydrogen (secondary N) is 1. The van der Waals surface area contributed by atoms with Crippen LogP contribution in [0.4, 0.5) is 0 Å². The SMILES string of the molecule is C[C@@H]1CCc2sc(C(=O)NN=C3C4CC5CC(C4)CC3C5)cc2C1. The van der Waals surface area contributed by atoms with Gasteiger partial charge in [0.1, 0.15) is 0 Å². The van der Waals surface area contributed by atoms with Crippen LogP contribution < -0.4 is 5.43 Å². The zero-order valence-corrected chi connectivity index (χ0v) is 15.2. The van der Waals surface area contributed by atoms with Crippen molar-refractivity contribution in [3.05, 3.63) is 21.4 Å². The molecule has 5 aliphatic rings. The molecule has 1 aromatic heterocycles. The molecule has 3 nitrogen and oxygen atoms in total. The second kappa shape index (κ2) is 5.69. The van der Waals surface area contributed by atoms with Crippen molar-refractivity contribution < 1.29 is 4.79 Å². The minimum absolute atomic E-state index is 0.00311. The van der Waals surface area contributed by atoms with Crippen LogP contribution in [-0.2, 0) is 12.8 Å². The van der Waals surface area contributed by atoms with Crippen LogP contribution in [0, 0.1) is 29.6 Å². The minimum Gasteiger partial charge on any atom is -0.266 e. The molecule has 24 heavy (non-hydrogen) atoms. The van der Waals surface area contributed by atoms with E-state index in [9.17, 15) is 4.79 Å². The van der Waals surface area contributed by atoms with Crippen molar-refractivity contribution in [2.45, 2.75) is 58.3 Å². The fourth-order valence-electron chi connectivity index (χ4n) is 5.84. The van der Waals surface area contributed by atoms with Crippen LogP contribution in [0.2, 0.25) is 0 Å². The third kappa shape index (κ3) is 2.54. The van der Waals surface area contributed by atoms with Gasteiger partial charge in [-0.3, -0.25) is 4.79 Å². The number of hydrogen-bond donors (Lipinski definition) is 1. The number of nitrogens with zero attached hydrogens (tertiary/aromatic N) is 1. The van der Waals surface area contributed by atoms with Crippen LogP contribution in [0.1, 0.15) is 65.6 Å². The third-order valence-electron chi connectivity index (χ3n) is 6.81. The van der Waals surface area contributed by atoms with E-state index in [0.717, 1.165) is 35.5 Å². The van der Waals surface area contributed by atoms with Crippen LogP contribution in [0.15, 0.2) is 11.2 Å². The Kier molecular flexibility index (Phi) is 3.58. The number of carbonyl (C=O) groups excluding carboxylic acids is 1. The number of aryl methyl sites for hydroxylation is 1. The summed E-state index contributed by atoms with van der Waals surface area (Å²) < 4.78 is 0. The second-order valence-corrected chi connectivity index (χ2v) is 9.83. The maximum atomic E-state index is 12.6. The molecule has 0 saturated heterocycles. The molecule has 4 fully saturated rings. The van der Waals surface area contributed by atoms with Crippen molar-refractivity contribution in [2.75, 3.05) is 0 Å². The van der Waals surface area contributed by atoms with Gasteiger partial charge < -0.3 is 0 Å². The second-order valence-electron chi connectivity index (χ2n) is 8.69. The molecule has 5 aliphatic carbocycles.